The summed E-state index contributed by atoms with van der Waals surface area (Å²) in [5, 5.41) is 4.34. The van der Waals surface area contributed by atoms with E-state index in [1.54, 1.807) is 0 Å². The van der Waals surface area contributed by atoms with Gasteiger partial charge in [0.1, 0.15) is 11.6 Å². The third-order valence-corrected chi connectivity index (χ3v) is 4.49. The summed E-state index contributed by atoms with van der Waals surface area (Å²) in [7, 11) is 0. The molecule has 0 aromatic heterocycles. The monoisotopic (exact) mass is 482 g/mol. The van der Waals surface area contributed by atoms with Gasteiger partial charge in [-0.2, -0.15) is 22.0 Å². The SMILES string of the molecule is O=C(Cc1ccc(OC(F)F)cc1)Nc1ccc(NC(=O)c2ccccc2F)cc1C(F)(F)F. The minimum absolute atomic E-state index is 0.133. The molecule has 0 saturated carbocycles. The van der Waals surface area contributed by atoms with Crippen LogP contribution in [0.2, 0.25) is 0 Å². The Morgan fingerprint density at radius 2 is 1.59 bits per heavy atom. The zero-order valence-corrected chi connectivity index (χ0v) is 17.1. The number of nitrogens with one attached hydrogen (secondary N) is 2. The summed E-state index contributed by atoms with van der Waals surface area (Å²) >= 11 is 0. The second-order valence-electron chi connectivity index (χ2n) is 6.94. The Morgan fingerprint density at radius 3 is 2.21 bits per heavy atom. The Kier molecular flexibility index (Phi) is 7.44. The van der Waals surface area contributed by atoms with Crippen molar-refractivity contribution in [1.82, 2.24) is 0 Å². The largest absolute Gasteiger partial charge is 0.435 e. The van der Waals surface area contributed by atoms with Gasteiger partial charge in [-0.25, -0.2) is 4.39 Å². The van der Waals surface area contributed by atoms with E-state index in [9.17, 15) is 35.9 Å². The molecule has 0 aliphatic carbocycles. The van der Waals surface area contributed by atoms with Crippen LogP contribution < -0.4 is 15.4 Å². The van der Waals surface area contributed by atoms with Crippen LogP contribution in [0.4, 0.5) is 37.7 Å². The first-order valence-corrected chi connectivity index (χ1v) is 9.63. The minimum Gasteiger partial charge on any atom is -0.435 e. The van der Waals surface area contributed by atoms with E-state index in [4.69, 9.17) is 0 Å². The molecule has 178 valence electrons. The molecule has 11 heteroatoms. The zero-order chi connectivity index (χ0) is 24.9. The summed E-state index contributed by atoms with van der Waals surface area (Å²) in [5.41, 5.74) is -2.04. The van der Waals surface area contributed by atoms with Crippen molar-refractivity contribution in [3.05, 3.63) is 89.2 Å². The lowest BCUT2D eigenvalue weighted by Crippen LogP contribution is -2.19. The van der Waals surface area contributed by atoms with Crippen molar-refractivity contribution in [2.24, 2.45) is 0 Å². The van der Waals surface area contributed by atoms with Gasteiger partial charge in [-0.3, -0.25) is 9.59 Å². The maximum absolute atomic E-state index is 13.7. The maximum Gasteiger partial charge on any atom is 0.418 e. The van der Waals surface area contributed by atoms with Crippen LogP contribution >= 0.6 is 0 Å². The molecule has 0 atom stereocenters. The number of ether oxygens (including phenoxy) is 1. The summed E-state index contributed by atoms with van der Waals surface area (Å²) in [6, 6.07) is 12.7. The summed E-state index contributed by atoms with van der Waals surface area (Å²) in [6.07, 6.45) is -5.21. The highest BCUT2D eigenvalue weighted by atomic mass is 19.4. The van der Waals surface area contributed by atoms with Crippen LogP contribution in [-0.4, -0.2) is 18.4 Å². The number of hydrogen-bond donors (Lipinski definition) is 2. The van der Waals surface area contributed by atoms with Crippen LogP contribution in [0, 0.1) is 5.82 Å². The van der Waals surface area contributed by atoms with E-state index in [1.165, 1.54) is 42.5 Å². The Labute approximate surface area is 189 Å². The molecular weight excluding hydrogens is 466 g/mol. The Balaban J connectivity index is 1.74. The normalized spacial score (nSPS) is 11.3. The van der Waals surface area contributed by atoms with Gasteiger partial charge in [0.25, 0.3) is 5.91 Å². The Hall–Kier alpha value is -4.02. The second kappa shape index (κ2) is 10.3. The topological polar surface area (TPSA) is 67.4 Å². The number of amides is 2. The first-order chi connectivity index (χ1) is 16.0. The number of rotatable bonds is 7. The van der Waals surface area contributed by atoms with E-state index >= 15 is 0 Å². The van der Waals surface area contributed by atoms with Gasteiger partial charge in [0, 0.05) is 5.69 Å². The second-order valence-corrected chi connectivity index (χ2v) is 6.94. The molecule has 0 bridgehead atoms. The minimum atomic E-state index is -4.88. The van der Waals surface area contributed by atoms with Gasteiger partial charge in [0.05, 0.1) is 23.2 Å². The molecule has 0 unspecified atom stereocenters. The molecule has 0 fully saturated rings. The van der Waals surface area contributed by atoms with E-state index in [1.807, 2.05) is 0 Å². The molecule has 0 spiro atoms. The van der Waals surface area contributed by atoms with Gasteiger partial charge in [-0.15, -0.1) is 0 Å². The number of anilines is 2. The Bertz CT molecular complexity index is 1180. The average Bonchev–Trinajstić information content (AvgIpc) is 2.75. The van der Waals surface area contributed by atoms with Crippen LogP contribution in [0.25, 0.3) is 0 Å². The molecule has 0 heterocycles. The fraction of sp³-hybridized carbons (Fsp3) is 0.130. The van der Waals surface area contributed by atoms with Crippen LogP contribution in [0.3, 0.4) is 0 Å². The molecule has 3 aromatic carbocycles. The van der Waals surface area contributed by atoms with Gasteiger partial charge in [0.2, 0.25) is 5.91 Å². The van der Waals surface area contributed by atoms with E-state index in [0.29, 0.717) is 11.6 Å². The number of carbonyl (C=O) groups excluding carboxylic acids is 2. The average molecular weight is 482 g/mol. The molecule has 5 nitrogen and oxygen atoms in total. The molecule has 34 heavy (non-hydrogen) atoms. The van der Waals surface area contributed by atoms with Gasteiger partial charge in [-0.1, -0.05) is 24.3 Å². The summed E-state index contributed by atoms with van der Waals surface area (Å²) in [6.45, 7) is -3.02. The predicted octanol–water partition coefficient (Wildman–Crippen LogP) is 5.88. The third kappa shape index (κ3) is 6.50. The van der Waals surface area contributed by atoms with Crippen LogP contribution in [0.15, 0.2) is 66.7 Å². The molecular formula is C23H16F6N2O3. The van der Waals surface area contributed by atoms with Crippen molar-refractivity contribution in [2.75, 3.05) is 10.6 Å². The molecule has 3 aromatic rings. The summed E-state index contributed by atoms with van der Waals surface area (Å²) in [5.74, 6) is -2.71. The molecule has 0 saturated heterocycles. The number of halogens is 6. The highest BCUT2D eigenvalue weighted by molar-refractivity contribution is 6.04. The molecule has 0 radical (unpaired) electrons. The quantitative estimate of drug-likeness (QED) is 0.414. The van der Waals surface area contributed by atoms with E-state index in [0.717, 1.165) is 18.2 Å². The van der Waals surface area contributed by atoms with E-state index < -0.39 is 41.7 Å². The van der Waals surface area contributed by atoms with Gasteiger partial charge >= 0.3 is 12.8 Å². The molecule has 2 N–H and O–H groups in total. The van der Waals surface area contributed by atoms with Crippen molar-refractivity contribution < 1.29 is 40.7 Å². The van der Waals surface area contributed by atoms with E-state index in [-0.39, 0.29) is 23.4 Å². The zero-order valence-electron chi connectivity index (χ0n) is 17.1. The first-order valence-electron chi connectivity index (χ1n) is 9.63. The third-order valence-electron chi connectivity index (χ3n) is 4.49. The number of hydrogen-bond acceptors (Lipinski definition) is 3. The first kappa shape index (κ1) is 24.6. The smallest absolute Gasteiger partial charge is 0.418 e. The van der Waals surface area contributed by atoms with Crippen molar-refractivity contribution in [3.63, 3.8) is 0 Å². The van der Waals surface area contributed by atoms with Crippen LogP contribution in [-0.2, 0) is 17.4 Å². The van der Waals surface area contributed by atoms with Crippen LogP contribution in [0.1, 0.15) is 21.5 Å². The lowest BCUT2D eigenvalue weighted by Gasteiger charge is -2.16. The summed E-state index contributed by atoms with van der Waals surface area (Å²) < 4.78 is 83.1. The van der Waals surface area contributed by atoms with Crippen molar-refractivity contribution in [2.45, 2.75) is 19.2 Å². The van der Waals surface area contributed by atoms with Gasteiger partial charge in [-0.05, 0) is 48.0 Å². The maximum atomic E-state index is 13.7. The lowest BCUT2D eigenvalue weighted by molar-refractivity contribution is -0.136. The van der Waals surface area contributed by atoms with Crippen LogP contribution in [0.5, 0.6) is 5.75 Å². The number of alkyl halides is 5. The molecule has 3 rings (SSSR count). The summed E-state index contributed by atoms with van der Waals surface area (Å²) in [4.78, 5) is 24.5. The molecule has 0 aliphatic rings. The lowest BCUT2D eigenvalue weighted by atomic mass is 10.1. The number of benzene rings is 3. The Morgan fingerprint density at radius 1 is 0.912 bits per heavy atom. The fourth-order valence-corrected chi connectivity index (χ4v) is 2.98. The highest BCUT2D eigenvalue weighted by Crippen LogP contribution is 2.37. The highest BCUT2D eigenvalue weighted by Gasteiger charge is 2.34. The molecule has 2 amide bonds. The van der Waals surface area contributed by atoms with Crippen molar-refractivity contribution >= 4 is 23.2 Å². The number of carbonyl (C=O) groups is 2. The van der Waals surface area contributed by atoms with Gasteiger partial charge < -0.3 is 15.4 Å². The standard InChI is InChI=1S/C23H16F6N2O3/c24-18-4-2-1-3-16(18)21(33)30-14-7-10-19(17(12-14)23(27,28)29)31-20(32)11-13-5-8-15(9-6-13)34-22(25)26/h1-10,12,22H,11H2,(H,30,33)(H,31,32). The van der Waals surface area contributed by atoms with Gasteiger partial charge in [0.15, 0.2) is 0 Å². The predicted molar refractivity (Wildman–Crippen MR) is 111 cm³/mol. The molecule has 0 aliphatic heterocycles. The van der Waals surface area contributed by atoms with E-state index in [2.05, 4.69) is 15.4 Å². The van der Waals surface area contributed by atoms with Crippen molar-refractivity contribution in [1.29, 1.82) is 0 Å². The van der Waals surface area contributed by atoms with Crippen molar-refractivity contribution in [3.8, 4) is 5.75 Å². The fourth-order valence-electron chi connectivity index (χ4n) is 2.98.